The molecule has 0 aromatic carbocycles. The number of hydrogen-bond acceptors (Lipinski definition) is 8. The Labute approximate surface area is 227 Å². The van der Waals surface area contributed by atoms with E-state index in [2.05, 4.69) is 60.5 Å². The van der Waals surface area contributed by atoms with Gasteiger partial charge >= 0.3 is 0 Å². The lowest BCUT2D eigenvalue weighted by atomic mass is 9.96. The predicted molar refractivity (Wildman–Crippen MR) is 156 cm³/mol. The predicted octanol–water partition coefficient (Wildman–Crippen LogP) is 4.74. The van der Waals surface area contributed by atoms with E-state index in [0.29, 0.717) is 6.61 Å². The van der Waals surface area contributed by atoms with Gasteiger partial charge in [0, 0.05) is 50.8 Å². The number of nitrogens with zero attached hydrogens (tertiary/aromatic N) is 2. The van der Waals surface area contributed by atoms with Crippen LogP contribution in [0.4, 0.5) is 0 Å². The Balaban J connectivity index is 0. The lowest BCUT2D eigenvalue weighted by Gasteiger charge is -2.38. The number of pyridine rings is 1. The molecule has 0 amide bonds. The third kappa shape index (κ3) is 16.1. The largest absolute Gasteiger partial charge is 0.490 e. The Hall–Kier alpha value is -2.42. The van der Waals surface area contributed by atoms with Crippen molar-refractivity contribution in [2.24, 2.45) is 11.7 Å². The van der Waals surface area contributed by atoms with Gasteiger partial charge in [0.05, 0.1) is 18.1 Å². The molecule has 2 heterocycles. The molecule has 1 aromatic heterocycles. The summed E-state index contributed by atoms with van der Waals surface area (Å²) in [5.41, 5.74) is 5.30. The molecular weight excluding hydrogens is 466 g/mol. The Morgan fingerprint density at radius 2 is 2.05 bits per heavy atom. The topological polar surface area (TPSA) is 102 Å². The summed E-state index contributed by atoms with van der Waals surface area (Å²) in [6, 6.07) is 3.91. The Morgan fingerprint density at radius 1 is 1.32 bits per heavy atom. The maximum absolute atomic E-state index is 11.9. The zero-order chi connectivity index (χ0) is 27.2. The average Bonchev–Trinajstić information content (AvgIpc) is 2.92. The van der Waals surface area contributed by atoms with Gasteiger partial charge in [-0.05, 0) is 51.3 Å². The van der Waals surface area contributed by atoms with Crippen LogP contribution in [0.1, 0.15) is 67.7 Å². The van der Waals surface area contributed by atoms with Crippen molar-refractivity contribution >= 4 is 5.78 Å². The summed E-state index contributed by atoms with van der Waals surface area (Å²) in [5, 5.41) is 6.62. The first-order valence-electron chi connectivity index (χ1n) is 13.3. The molecule has 0 radical (unpaired) electrons. The fraction of sp³-hybridized carbons (Fsp3) is 0.655. The Morgan fingerprint density at radius 3 is 2.62 bits per heavy atom. The Bertz CT molecular complexity index is 722. The summed E-state index contributed by atoms with van der Waals surface area (Å²) in [4.78, 5) is 18.1. The van der Waals surface area contributed by atoms with Crippen LogP contribution in [0, 0.1) is 5.92 Å². The average molecular weight is 522 g/mol. The fourth-order valence-electron chi connectivity index (χ4n) is 3.44. The minimum Gasteiger partial charge on any atom is -0.490 e. The number of Topliss-reactive ketones (excluding diaryl/α,β-unsaturated/α-hetero) is 1. The van der Waals surface area contributed by atoms with Crippen molar-refractivity contribution in [3.8, 4) is 5.75 Å². The van der Waals surface area contributed by atoms with Crippen molar-refractivity contribution in [2.45, 2.75) is 73.8 Å². The lowest BCUT2D eigenvalue weighted by molar-refractivity contribution is -0.114. The summed E-state index contributed by atoms with van der Waals surface area (Å²) < 4.78 is 11.1. The Kier molecular flexibility index (Phi) is 23.8. The van der Waals surface area contributed by atoms with Crippen LogP contribution >= 0.6 is 0 Å². The monoisotopic (exact) mass is 521 g/mol. The number of rotatable bonds is 14. The molecule has 1 fully saturated rings. The molecule has 0 spiro atoms. The fourth-order valence-corrected chi connectivity index (χ4v) is 3.44. The number of unbranched alkanes of at least 4 members (excludes halogenated alkanes) is 1. The number of piperazine rings is 1. The highest BCUT2D eigenvalue weighted by Crippen LogP contribution is 2.16. The van der Waals surface area contributed by atoms with E-state index in [4.69, 9.17) is 9.47 Å². The normalized spacial score (nSPS) is 15.6. The van der Waals surface area contributed by atoms with Gasteiger partial charge in [-0.3, -0.25) is 9.78 Å². The number of allylic oxidation sites excluding steroid dienone is 1. The molecule has 1 aromatic rings. The number of aromatic nitrogens is 1. The van der Waals surface area contributed by atoms with Crippen molar-refractivity contribution in [1.29, 1.82) is 0 Å². The number of carbonyl (C=O) groups is 1. The number of ether oxygens (including phenoxy) is 2. The van der Waals surface area contributed by atoms with E-state index in [1.54, 1.807) is 25.5 Å². The minimum absolute atomic E-state index is 0. The molecule has 214 valence electrons. The molecule has 8 heteroatoms. The molecule has 1 saturated heterocycles. The molecule has 1 aliphatic rings. The van der Waals surface area contributed by atoms with Gasteiger partial charge in [0.2, 0.25) is 0 Å². The van der Waals surface area contributed by atoms with Gasteiger partial charge in [-0.1, -0.05) is 48.1 Å². The van der Waals surface area contributed by atoms with E-state index in [1.807, 2.05) is 12.1 Å². The van der Waals surface area contributed by atoms with Crippen LogP contribution in [0.25, 0.3) is 0 Å². The molecule has 4 N–H and O–H groups in total. The molecule has 1 aliphatic heterocycles. The summed E-state index contributed by atoms with van der Waals surface area (Å²) in [6.45, 7) is 19.2. The van der Waals surface area contributed by atoms with Crippen LogP contribution in [-0.2, 0) is 9.53 Å². The second kappa shape index (κ2) is 23.9. The van der Waals surface area contributed by atoms with E-state index in [0.717, 1.165) is 62.8 Å². The first-order valence-corrected chi connectivity index (χ1v) is 13.3. The number of carbonyl (C=O) groups excluding carboxylic acids is 1. The van der Waals surface area contributed by atoms with Crippen molar-refractivity contribution in [3.05, 3.63) is 48.7 Å². The minimum atomic E-state index is 0. The third-order valence-corrected chi connectivity index (χ3v) is 5.71. The maximum Gasteiger partial charge on any atom is 0.157 e. The second-order valence-electron chi connectivity index (χ2n) is 8.57. The van der Waals surface area contributed by atoms with E-state index in [-0.39, 0.29) is 25.2 Å². The van der Waals surface area contributed by atoms with Crippen molar-refractivity contribution < 1.29 is 14.3 Å². The molecule has 2 unspecified atom stereocenters. The van der Waals surface area contributed by atoms with Crippen molar-refractivity contribution in [1.82, 2.24) is 20.5 Å². The van der Waals surface area contributed by atoms with E-state index >= 15 is 0 Å². The zero-order valence-electron chi connectivity index (χ0n) is 23.5. The molecule has 37 heavy (non-hydrogen) atoms. The van der Waals surface area contributed by atoms with Gasteiger partial charge in [0.25, 0.3) is 0 Å². The molecule has 2 atom stereocenters. The first-order chi connectivity index (χ1) is 17.4. The molecule has 2 rings (SSSR count). The van der Waals surface area contributed by atoms with E-state index in [9.17, 15) is 4.79 Å². The van der Waals surface area contributed by atoms with E-state index in [1.165, 1.54) is 19.9 Å². The van der Waals surface area contributed by atoms with Gasteiger partial charge in [-0.15, -0.1) is 0 Å². The zero-order valence-corrected chi connectivity index (χ0v) is 23.5. The smallest absolute Gasteiger partial charge is 0.157 e. The number of nitrogens with two attached hydrogens (primary N) is 1. The summed E-state index contributed by atoms with van der Waals surface area (Å²) in [7, 11) is 1.50. The highest BCUT2D eigenvalue weighted by atomic mass is 16.5. The van der Waals surface area contributed by atoms with Gasteiger partial charge < -0.3 is 30.7 Å². The molecule has 8 nitrogen and oxygen atoms in total. The maximum atomic E-state index is 11.9. The standard InChI is InChI=1S/C20H30N4O2.C7H16O.CH5N.CH4/c1-5-15(2)20(16(3)25)13-23-17(4)24-10-9-22-11-18(24)14-26-19-7-6-8-21-12-19;1-3-5-7-8-6-4-2;1-2;/h6-8,12-13,15,18,22-23H,4-5,9-11,14H2,1-3H3;3-7H2,1-2H3;2H2,1H3;1H4/b20-13+;;;. The highest BCUT2D eigenvalue weighted by Gasteiger charge is 2.24. The van der Waals surface area contributed by atoms with Crippen LogP contribution in [-0.4, -0.2) is 68.2 Å². The SMILES string of the molecule is C.C=C(N/C=C(/C(C)=O)C(C)CC)N1CCNCC1COc1cccnc1.CCCCOCCC.CN. The quantitative estimate of drug-likeness (QED) is 0.238. The van der Waals surface area contributed by atoms with Crippen LogP contribution in [0.15, 0.2) is 48.7 Å². The first kappa shape index (κ1) is 36.7. The van der Waals surface area contributed by atoms with Gasteiger partial charge in [0.15, 0.2) is 5.78 Å². The molecular formula is C29H55N5O3. The van der Waals surface area contributed by atoms with Crippen molar-refractivity contribution in [2.75, 3.05) is 46.5 Å². The van der Waals surface area contributed by atoms with Crippen LogP contribution in [0.3, 0.4) is 0 Å². The number of ketones is 1. The van der Waals surface area contributed by atoms with Gasteiger partial charge in [-0.2, -0.15) is 0 Å². The lowest BCUT2D eigenvalue weighted by Crippen LogP contribution is -2.54. The third-order valence-electron chi connectivity index (χ3n) is 5.71. The van der Waals surface area contributed by atoms with Crippen LogP contribution in [0.5, 0.6) is 5.75 Å². The number of hydrogen-bond donors (Lipinski definition) is 3. The molecule has 0 aliphatic carbocycles. The summed E-state index contributed by atoms with van der Waals surface area (Å²) in [6.07, 6.45) is 9.76. The van der Waals surface area contributed by atoms with E-state index < -0.39 is 0 Å². The summed E-state index contributed by atoms with van der Waals surface area (Å²) >= 11 is 0. The van der Waals surface area contributed by atoms with Crippen LogP contribution in [0.2, 0.25) is 0 Å². The van der Waals surface area contributed by atoms with Crippen molar-refractivity contribution in [3.63, 3.8) is 0 Å². The summed E-state index contributed by atoms with van der Waals surface area (Å²) in [5.74, 6) is 1.86. The number of nitrogens with one attached hydrogen (secondary N) is 2. The molecule has 0 saturated carbocycles. The van der Waals surface area contributed by atoms with Gasteiger partial charge in [-0.25, -0.2) is 0 Å². The van der Waals surface area contributed by atoms with Gasteiger partial charge in [0.1, 0.15) is 12.4 Å². The highest BCUT2D eigenvalue weighted by molar-refractivity contribution is 5.93. The van der Waals surface area contributed by atoms with Crippen LogP contribution < -0.4 is 21.1 Å². The molecule has 0 bridgehead atoms. The second-order valence-corrected chi connectivity index (χ2v) is 8.57.